The number of rotatable bonds is 3. The van der Waals surface area contributed by atoms with E-state index in [0.717, 1.165) is 27.9 Å². The Bertz CT molecular complexity index is 785. The van der Waals surface area contributed by atoms with Crippen LogP contribution in [-0.4, -0.2) is 5.91 Å². The highest BCUT2D eigenvalue weighted by atomic mass is 32.1. The lowest BCUT2D eigenvalue weighted by Crippen LogP contribution is -2.05. The van der Waals surface area contributed by atoms with Gasteiger partial charge in [0.2, 0.25) is 5.91 Å². The van der Waals surface area contributed by atoms with Crippen LogP contribution in [0, 0.1) is 0 Å². The fourth-order valence-corrected chi connectivity index (χ4v) is 2.55. The zero-order valence-corrected chi connectivity index (χ0v) is 13.9. The van der Waals surface area contributed by atoms with Crippen molar-refractivity contribution >= 4 is 25.1 Å². The Kier molecular flexibility index (Phi) is 5.61. The van der Waals surface area contributed by atoms with Crippen LogP contribution >= 0.6 is 13.5 Å². The van der Waals surface area contributed by atoms with Gasteiger partial charge in [-0.2, -0.15) is 13.5 Å². The Balaban J connectivity index is 0.00000192. The van der Waals surface area contributed by atoms with Crippen molar-refractivity contribution in [1.29, 1.82) is 0 Å². The minimum Gasteiger partial charge on any atom is -0.326 e. The highest BCUT2D eigenvalue weighted by Crippen LogP contribution is 2.34. The van der Waals surface area contributed by atoms with E-state index in [4.69, 9.17) is 0 Å². The summed E-state index contributed by atoms with van der Waals surface area (Å²) in [5, 5.41) is 2.85. The van der Waals surface area contributed by atoms with Gasteiger partial charge < -0.3 is 5.32 Å². The molecule has 116 valence electrons. The maximum absolute atomic E-state index is 11.3. The molecule has 0 heterocycles. The van der Waals surface area contributed by atoms with Crippen LogP contribution in [0.5, 0.6) is 0 Å². The molecule has 23 heavy (non-hydrogen) atoms. The number of benzene rings is 3. The van der Waals surface area contributed by atoms with Gasteiger partial charge >= 0.3 is 0 Å². The molecule has 3 heteroatoms. The molecule has 0 aliphatic carbocycles. The predicted octanol–water partition coefficient (Wildman–Crippen LogP) is 5.09. The van der Waals surface area contributed by atoms with Crippen LogP contribution in [0.1, 0.15) is 6.92 Å². The zero-order chi connectivity index (χ0) is 15.4. The molecule has 0 unspecified atom stereocenters. The molecular weight excluding hydrogens is 302 g/mol. The molecule has 0 aliphatic heterocycles. The highest BCUT2D eigenvalue weighted by Gasteiger charge is 2.09. The Labute approximate surface area is 143 Å². The molecule has 0 aliphatic rings. The first-order chi connectivity index (χ1) is 10.7. The van der Waals surface area contributed by atoms with Gasteiger partial charge in [-0.05, 0) is 34.4 Å². The maximum atomic E-state index is 11.3. The summed E-state index contributed by atoms with van der Waals surface area (Å²) in [6, 6.07) is 26.5. The molecule has 0 aromatic heterocycles. The van der Waals surface area contributed by atoms with Crippen molar-refractivity contribution in [1.82, 2.24) is 0 Å². The summed E-state index contributed by atoms with van der Waals surface area (Å²) < 4.78 is 0. The molecule has 2 nitrogen and oxygen atoms in total. The molecule has 3 aromatic rings. The predicted molar refractivity (Wildman–Crippen MR) is 102 cm³/mol. The zero-order valence-electron chi connectivity index (χ0n) is 12.9. The smallest absolute Gasteiger partial charge is 0.221 e. The maximum Gasteiger partial charge on any atom is 0.221 e. The molecule has 1 amide bonds. The molecule has 0 atom stereocenters. The van der Waals surface area contributed by atoms with Crippen molar-refractivity contribution < 1.29 is 4.79 Å². The monoisotopic (exact) mass is 321 g/mol. The van der Waals surface area contributed by atoms with Crippen LogP contribution < -0.4 is 5.32 Å². The van der Waals surface area contributed by atoms with Gasteiger partial charge in [0.1, 0.15) is 0 Å². The number of anilines is 1. The second-order valence-electron chi connectivity index (χ2n) is 5.17. The van der Waals surface area contributed by atoms with Crippen LogP contribution in [0.4, 0.5) is 5.69 Å². The number of carbonyl (C=O) groups is 1. The van der Waals surface area contributed by atoms with E-state index in [9.17, 15) is 4.79 Å². The molecular formula is C20H19NOS. The van der Waals surface area contributed by atoms with Crippen molar-refractivity contribution in [2.75, 3.05) is 5.32 Å². The van der Waals surface area contributed by atoms with E-state index >= 15 is 0 Å². The molecule has 1 N–H and O–H groups in total. The van der Waals surface area contributed by atoms with Crippen LogP contribution in [0.3, 0.4) is 0 Å². The summed E-state index contributed by atoms with van der Waals surface area (Å²) in [7, 11) is 0. The minimum atomic E-state index is -0.0635. The van der Waals surface area contributed by atoms with Crippen LogP contribution in [0.15, 0.2) is 78.9 Å². The molecule has 0 bridgehead atoms. The Morgan fingerprint density at radius 3 is 1.78 bits per heavy atom. The second kappa shape index (κ2) is 7.65. The lowest BCUT2D eigenvalue weighted by atomic mass is 9.94. The van der Waals surface area contributed by atoms with E-state index in [1.165, 1.54) is 6.92 Å². The standard InChI is InChI=1S/C20H17NO.H2S/c1-15(22)21-18-12-13-19(16-8-4-2-5-9-16)20(14-18)17-10-6-3-7-11-17;/h2-14H,1H3,(H,21,22);1H2. The third-order valence-electron chi connectivity index (χ3n) is 3.51. The summed E-state index contributed by atoms with van der Waals surface area (Å²) in [5.74, 6) is -0.0635. The number of carbonyl (C=O) groups excluding carboxylic acids is 1. The summed E-state index contributed by atoms with van der Waals surface area (Å²) >= 11 is 0. The SMILES string of the molecule is CC(=O)Nc1ccc(-c2ccccc2)c(-c2ccccc2)c1.S. The first-order valence-corrected chi connectivity index (χ1v) is 7.26. The van der Waals surface area contributed by atoms with Crippen molar-refractivity contribution in [3.63, 3.8) is 0 Å². The van der Waals surface area contributed by atoms with Crippen LogP contribution in [0.2, 0.25) is 0 Å². The number of nitrogens with one attached hydrogen (secondary N) is 1. The third-order valence-corrected chi connectivity index (χ3v) is 3.51. The van der Waals surface area contributed by atoms with Crippen LogP contribution in [0.25, 0.3) is 22.3 Å². The fraction of sp³-hybridized carbons (Fsp3) is 0.0500. The van der Waals surface area contributed by atoms with Gasteiger partial charge in [0.05, 0.1) is 0 Å². The quantitative estimate of drug-likeness (QED) is 0.715. The van der Waals surface area contributed by atoms with E-state index in [1.807, 2.05) is 48.5 Å². The Morgan fingerprint density at radius 2 is 1.26 bits per heavy atom. The Morgan fingerprint density at radius 1 is 0.739 bits per heavy atom. The highest BCUT2D eigenvalue weighted by molar-refractivity contribution is 7.59. The molecule has 0 saturated heterocycles. The molecule has 3 rings (SSSR count). The van der Waals surface area contributed by atoms with E-state index in [2.05, 4.69) is 35.6 Å². The van der Waals surface area contributed by atoms with Gasteiger partial charge in [-0.25, -0.2) is 0 Å². The van der Waals surface area contributed by atoms with Gasteiger partial charge in [0, 0.05) is 12.6 Å². The summed E-state index contributed by atoms with van der Waals surface area (Å²) in [6.07, 6.45) is 0. The van der Waals surface area contributed by atoms with Gasteiger partial charge in [-0.1, -0.05) is 66.7 Å². The van der Waals surface area contributed by atoms with Gasteiger partial charge in [0.15, 0.2) is 0 Å². The average molecular weight is 321 g/mol. The summed E-state index contributed by atoms with van der Waals surface area (Å²) in [6.45, 7) is 1.52. The number of amides is 1. The normalized spacial score (nSPS) is 9.78. The molecule has 3 aromatic carbocycles. The van der Waals surface area contributed by atoms with Crippen molar-refractivity contribution in [3.8, 4) is 22.3 Å². The largest absolute Gasteiger partial charge is 0.326 e. The van der Waals surface area contributed by atoms with E-state index in [-0.39, 0.29) is 19.4 Å². The molecule has 0 fully saturated rings. The fourth-order valence-electron chi connectivity index (χ4n) is 2.55. The van der Waals surface area contributed by atoms with Gasteiger partial charge in [-0.3, -0.25) is 4.79 Å². The topological polar surface area (TPSA) is 29.1 Å². The van der Waals surface area contributed by atoms with Gasteiger partial charge in [0.25, 0.3) is 0 Å². The minimum absolute atomic E-state index is 0. The average Bonchev–Trinajstić information content (AvgIpc) is 2.56. The van der Waals surface area contributed by atoms with Gasteiger partial charge in [-0.15, -0.1) is 0 Å². The van der Waals surface area contributed by atoms with Crippen molar-refractivity contribution in [3.05, 3.63) is 78.9 Å². The van der Waals surface area contributed by atoms with E-state index < -0.39 is 0 Å². The molecule has 0 radical (unpaired) electrons. The number of hydrogen-bond acceptors (Lipinski definition) is 1. The Hall–Kier alpha value is -2.52. The molecule has 0 spiro atoms. The van der Waals surface area contributed by atoms with E-state index in [0.29, 0.717) is 0 Å². The van der Waals surface area contributed by atoms with Crippen molar-refractivity contribution in [2.45, 2.75) is 6.92 Å². The lowest BCUT2D eigenvalue weighted by molar-refractivity contribution is -0.114. The van der Waals surface area contributed by atoms with Crippen molar-refractivity contribution in [2.24, 2.45) is 0 Å². The lowest BCUT2D eigenvalue weighted by Gasteiger charge is -2.13. The summed E-state index contributed by atoms with van der Waals surface area (Å²) in [4.78, 5) is 11.3. The molecule has 0 saturated carbocycles. The van der Waals surface area contributed by atoms with Crippen LogP contribution in [-0.2, 0) is 4.79 Å². The van der Waals surface area contributed by atoms with E-state index in [1.54, 1.807) is 0 Å². The second-order valence-corrected chi connectivity index (χ2v) is 5.17. The number of hydrogen-bond donors (Lipinski definition) is 1. The first kappa shape index (κ1) is 16.8. The summed E-state index contributed by atoms with van der Waals surface area (Å²) in [5.41, 5.74) is 5.37. The first-order valence-electron chi connectivity index (χ1n) is 7.26. The third kappa shape index (κ3) is 4.02.